The maximum atomic E-state index is 12.5. The number of hydrogen-bond donors (Lipinski definition) is 2. The number of hydrogen-bond acceptors (Lipinski definition) is 3. The van der Waals surface area contributed by atoms with Crippen molar-refractivity contribution < 1.29 is 9.53 Å². The highest BCUT2D eigenvalue weighted by atomic mass is 16.5. The van der Waals surface area contributed by atoms with Gasteiger partial charge < -0.3 is 15.8 Å². The van der Waals surface area contributed by atoms with Crippen molar-refractivity contribution in [1.82, 2.24) is 5.32 Å². The van der Waals surface area contributed by atoms with E-state index in [1.165, 1.54) is 19.3 Å². The summed E-state index contributed by atoms with van der Waals surface area (Å²) in [5.74, 6) is 1.43. The van der Waals surface area contributed by atoms with Gasteiger partial charge in [0.1, 0.15) is 0 Å². The Labute approximate surface area is 138 Å². The second-order valence-corrected chi connectivity index (χ2v) is 7.17. The minimum atomic E-state index is 0.146. The molecule has 2 bridgehead atoms. The van der Waals surface area contributed by atoms with Gasteiger partial charge in [-0.2, -0.15) is 0 Å². The topological polar surface area (TPSA) is 64.3 Å². The van der Waals surface area contributed by atoms with Crippen LogP contribution >= 0.6 is 0 Å². The molecule has 0 saturated heterocycles. The minimum absolute atomic E-state index is 0.146. The summed E-state index contributed by atoms with van der Waals surface area (Å²) in [6.45, 7) is 1.19. The molecule has 4 heteroatoms. The van der Waals surface area contributed by atoms with Crippen LogP contribution in [0.3, 0.4) is 0 Å². The van der Waals surface area contributed by atoms with Gasteiger partial charge in [0.2, 0.25) is 5.91 Å². The minimum Gasteiger partial charge on any atom is -0.380 e. The van der Waals surface area contributed by atoms with Gasteiger partial charge in [-0.05, 0) is 48.6 Å². The van der Waals surface area contributed by atoms with Crippen molar-refractivity contribution in [3.05, 3.63) is 35.4 Å². The van der Waals surface area contributed by atoms with Crippen LogP contribution in [0, 0.1) is 17.8 Å². The Bertz CT molecular complexity index is 532. The predicted molar refractivity (Wildman–Crippen MR) is 90.5 cm³/mol. The number of methoxy groups -OCH3 is 1. The Balaban J connectivity index is 1.54. The van der Waals surface area contributed by atoms with E-state index < -0.39 is 0 Å². The van der Waals surface area contributed by atoms with Gasteiger partial charge in [-0.3, -0.25) is 4.79 Å². The molecule has 3 rings (SSSR count). The van der Waals surface area contributed by atoms with Gasteiger partial charge in [-0.15, -0.1) is 0 Å². The zero-order valence-corrected chi connectivity index (χ0v) is 14.0. The van der Waals surface area contributed by atoms with Crippen LogP contribution in [0.15, 0.2) is 24.3 Å². The molecule has 1 amide bonds. The maximum absolute atomic E-state index is 12.5. The van der Waals surface area contributed by atoms with Crippen molar-refractivity contribution >= 4 is 5.91 Å². The molecule has 1 aromatic rings. The quantitative estimate of drug-likeness (QED) is 0.877. The van der Waals surface area contributed by atoms with Gasteiger partial charge >= 0.3 is 0 Å². The molecule has 23 heavy (non-hydrogen) atoms. The van der Waals surface area contributed by atoms with Crippen molar-refractivity contribution in [2.75, 3.05) is 7.11 Å². The highest BCUT2D eigenvalue weighted by Gasteiger charge is 2.40. The number of amides is 1. The molecule has 0 radical (unpaired) electrons. The average molecular weight is 316 g/mol. The summed E-state index contributed by atoms with van der Waals surface area (Å²) in [6.07, 6.45) is 5.60. The van der Waals surface area contributed by atoms with E-state index in [1.54, 1.807) is 7.11 Å². The molecule has 0 aliphatic heterocycles. The van der Waals surface area contributed by atoms with Crippen LogP contribution in [-0.4, -0.2) is 19.1 Å². The van der Waals surface area contributed by atoms with Crippen LogP contribution in [0.4, 0.5) is 0 Å². The van der Waals surface area contributed by atoms with Crippen molar-refractivity contribution in [3.8, 4) is 0 Å². The fraction of sp³-hybridized carbons (Fsp3) is 0.632. The van der Waals surface area contributed by atoms with Gasteiger partial charge in [0, 0.05) is 25.6 Å². The second-order valence-electron chi connectivity index (χ2n) is 7.17. The Kier molecular flexibility index (Phi) is 5.34. The summed E-state index contributed by atoms with van der Waals surface area (Å²) in [5, 5.41) is 3.12. The van der Waals surface area contributed by atoms with Gasteiger partial charge in [-0.1, -0.05) is 30.7 Å². The van der Waals surface area contributed by atoms with E-state index in [1.807, 2.05) is 18.2 Å². The lowest BCUT2D eigenvalue weighted by Gasteiger charge is -2.43. The third-order valence-electron chi connectivity index (χ3n) is 5.55. The molecule has 1 aromatic carbocycles. The third-order valence-corrected chi connectivity index (χ3v) is 5.55. The Morgan fingerprint density at radius 2 is 1.96 bits per heavy atom. The van der Waals surface area contributed by atoms with Crippen molar-refractivity contribution in [1.29, 1.82) is 0 Å². The molecule has 0 spiro atoms. The molecule has 2 aliphatic carbocycles. The molecule has 3 N–H and O–H groups in total. The number of nitrogens with two attached hydrogens (primary N) is 1. The highest BCUT2D eigenvalue weighted by Crippen LogP contribution is 2.41. The summed E-state index contributed by atoms with van der Waals surface area (Å²) in [6, 6.07) is 8.51. The van der Waals surface area contributed by atoms with Gasteiger partial charge in [0.15, 0.2) is 0 Å². The fourth-order valence-corrected chi connectivity index (χ4v) is 4.33. The lowest BCUT2D eigenvalue weighted by molar-refractivity contribution is -0.128. The molecule has 2 atom stereocenters. The second kappa shape index (κ2) is 7.45. The number of fused-ring (bicyclic) bond motifs is 2. The number of benzene rings is 1. The fourth-order valence-electron chi connectivity index (χ4n) is 4.33. The Morgan fingerprint density at radius 1 is 1.26 bits per heavy atom. The summed E-state index contributed by atoms with van der Waals surface area (Å²) in [4.78, 5) is 12.5. The zero-order chi connectivity index (χ0) is 16.2. The van der Waals surface area contributed by atoms with Crippen molar-refractivity contribution in [3.63, 3.8) is 0 Å². The van der Waals surface area contributed by atoms with Crippen LogP contribution < -0.4 is 11.1 Å². The number of carbonyl (C=O) groups excluding carboxylic acids is 1. The van der Waals surface area contributed by atoms with E-state index in [-0.39, 0.29) is 11.8 Å². The van der Waals surface area contributed by atoms with E-state index in [4.69, 9.17) is 10.5 Å². The van der Waals surface area contributed by atoms with E-state index in [0.717, 1.165) is 24.0 Å². The highest BCUT2D eigenvalue weighted by molar-refractivity contribution is 5.78. The predicted octanol–water partition coefficient (Wildman–Crippen LogP) is 2.60. The lowest BCUT2D eigenvalue weighted by atomic mass is 9.65. The van der Waals surface area contributed by atoms with E-state index in [9.17, 15) is 4.79 Å². The van der Waals surface area contributed by atoms with Gasteiger partial charge in [-0.25, -0.2) is 0 Å². The summed E-state index contributed by atoms with van der Waals surface area (Å²) >= 11 is 0. The number of carbonyl (C=O) groups is 1. The number of rotatable bonds is 5. The molecule has 0 heterocycles. The third kappa shape index (κ3) is 3.93. The first-order valence-electron chi connectivity index (χ1n) is 8.77. The molecule has 4 nitrogen and oxygen atoms in total. The average Bonchev–Trinajstić information content (AvgIpc) is 2.53. The molecule has 2 fully saturated rings. The van der Waals surface area contributed by atoms with Crippen LogP contribution in [-0.2, 0) is 22.7 Å². The monoisotopic (exact) mass is 316 g/mol. The molecule has 2 unspecified atom stereocenters. The van der Waals surface area contributed by atoms with E-state index >= 15 is 0 Å². The molecule has 0 aromatic heterocycles. The van der Waals surface area contributed by atoms with E-state index in [0.29, 0.717) is 31.0 Å². The smallest absolute Gasteiger partial charge is 0.223 e. The largest absolute Gasteiger partial charge is 0.380 e. The lowest BCUT2D eigenvalue weighted by Crippen LogP contribution is -2.49. The molecule has 126 valence electrons. The summed E-state index contributed by atoms with van der Waals surface area (Å²) in [7, 11) is 1.69. The zero-order valence-electron chi connectivity index (χ0n) is 14.0. The van der Waals surface area contributed by atoms with Gasteiger partial charge in [0.05, 0.1) is 6.61 Å². The molecular formula is C19H28N2O2. The van der Waals surface area contributed by atoms with Crippen molar-refractivity contribution in [2.24, 2.45) is 23.5 Å². The Morgan fingerprint density at radius 3 is 2.65 bits per heavy atom. The summed E-state index contributed by atoms with van der Waals surface area (Å²) in [5.41, 5.74) is 8.58. The maximum Gasteiger partial charge on any atom is 0.223 e. The van der Waals surface area contributed by atoms with Crippen molar-refractivity contribution in [2.45, 2.75) is 51.3 Å². The van der Waals surface area contributed by atoms with Crippen LogP contribution in [0.2, 0.25) is 0 Å². The first kappa shape index (κ1) is 16.5. The van der Waals surface area contributed by atoms with Gasteiger partial charge in [0.25, 0.3) is 0 Å². The SMILES string of the molecule is COCc1cccc(CNC(=O)C2CC3CCCC(C2)C3N)c1. The number of nitrogens with one attached hydrogen (secondary N) is 1. The molecule has 2 aliphatic rings. The first-order valence-corrected chi connectivity index (χ1v) is 8.77. The molecule has 2 saturated carbocycles. The van der Waals surface area contributed by atoms with Crippen LogP contribution in [0.5, 0.6) is 0 Å². The standard InChI is InChI=1S/C19H28N2O2/c1-23-12-14-5-2-4-13(8-14)11-21-19(22)17-9-15-6-3-7-16(10-17)18(15)20/h2,4-5,8,15-18H,3,6-7,9-12,20H2,1H3,(H,21,22). The Hall–Kier alpha value is -1.39. The summed E-state index contributed by atoms with van der Waals surface area (Å²) < 4.78 is 5.16. The normalized spacial score (nSPS) is 30.0. The van der Waals surface area contributed by atoms with Crippen LogP contribution in [0.25, 0.3) is 0 Å². The van der Waals surface area contributed by atoms with E-state index in [2.05, 4.69) is 11.4 Å². The number of ether oxygens (including phenoxy) is 1. The molecular weight excluding hydrogens is 288 g/mol. The first-order chi connectivity index (χ1) is 11.2. The van der Waals surface area contributed by atoms with Crippen LogP contribution in [0.1, 0.15) is 43.2 Å².